The number of nitroso groups, excluding NO2 is 1. The number of hydrogen-bond acceptors (Lipinski definition) is 3. The molecule has 0 aliphatic heterocycles. The van der Waals surface area contributed by atoms with Crippen LogP contribution in [0.25, 0.3) is 10.4 Å². The van der Waals surface area contributed by atoms with Crippen LogP contribution >= 0.6 is 0 Å². The third kappa shape index (κ3) is 2.18. The molecule has 0 N–H and O–H groups in total. The van der Waals surface area contributed by atoms with Gasteiger partial charge in [0, 0.05) is 17.6 Å². The lowest BCUT2D eigenvalue weighted by Gasteiger charge is -2.07. The average Bonchev–Trinajstić information content (AvgIpc) is 2.18. The molecule has 6 heteroatoms. The Labute approximate surface area is 74.4 Å². The molecule has 0 aromatic heterocycles. The largest absolute Gasteiger partial charge is 0.232 e. The lowest BCUT2D eigenvalue weighted by atomic mass is 10.3. The Balaban J connectivity index is 2.92. The third-order valence-corrected chi connectivity index (χ3v) is 1.51. The zero-order chi connectivity index (χ0) is 9.68. The molecule has 0 aliphatic rings. The van der Waals surface area contributed by atoms with Crippen LogP contribution in [0.1, 0.15) is 0 Å². The summed E-state index contributed by atoms with van der Waals surface area (Å²) in [7, 11) is 1.54. The normalized spacial score (nSPS) is 8.69. The Kier molecular flexibility index (Phi) is 2.83. The van der Waals surface area contributed by atoms with E-state index in [1.165, 1.54) is 12.1 Å². The van der Waals surface area contributed by atoms with Gasteiger partial charge in [-0.05, 0) is 17.7 Å². The van der Waals surface area contributed by atoms with E-state index in [1.54, 1.807) is 24.3 Å². The molecule has 13 heavy (non-hydrogen) atoms. The quantitative estimate of drug-likeness (QED) is 0.234. The topological polar surface area (TPSA) is 81.4 Å². The number of rotatable bonds is 3. The van der Waals surface area contributed by atoms with E-state index < -0.39 is 0 Å². The molecule has 6 nitrogen and oxygen atoms in total. The van der Waals surface area contributed by atoms with Crippen LogP contribution in [-0.2, 0) is 0 Å². The van der Waals surface area contributed by atoms with Gasteiger partial charge in [-0.2, -0.15) is 0 Å². The van der Waals surface area contributed by atoms with Crippen LogP contribution in [0.3, 0.4) is 0 Å². The van der Waals surface area contributed by atoms with Crippen molar-refractivity contribution in [1.29, 1.82) is 0 Å². The van der Waals surface area contributed by atoms with Crippen LogP contribution < -0.4 is 5.01 Å². The van der Waals surface area contributed by atoms with Gasteiger partial charge in [0.15, 0.2) is 0 Å². The summed E-state index contributed by atoms with van der Waals surface area (Å²) in [5.41, 5.74) is 9.27. The number of hydrogen-bond donors (Lipinski definition) is 0. The highest BCUT2D eigenvalue weighted by Crippen LogP contribution is 2.18. The van der Waals surface area contributed by atoms with Crippen molar-refractivity contribution >= 4 is 11.4 Å². The van der Waals surface area contributed by atoms with E-state index in [-0.39, 0.29) is 0 Å². The fraction of sp³-hybridized carbons (Fsp3) is 0.143. The summed E-state index contributed by atoms with van der Waals surface area (Å²) >= 11 is 0. The van der Waals surface area contributed by atoms with Gasteiger partial charge in [-0.25, -0.2) is 5.01 Å². The van der Waals surface area contributed by atoms with Crippen LogP contribution in [-0.4, -0.2) is 7.05 Å². The smallest absolute Gasteiger partial charge is 0.0623 e. The SMILES string of the molecule is CN(N=O)c1ccc(N=[N+]=[N-])cc1. The minimum Gasteiger partial charge on any atom is -0.232 e. The fourth-order valence-electron chi connectivity index (χ4n) is 0.834. The summed E-state index contributed by atoms with van der Waals surface area (Å²) in [6.45, 7) is 0. The standard InChI is InChI=1S/C7H7N5O/c1-12(11-13)7-4-2-6(3-5-7)9-10-8/h2-5H,1H3. The van der Waals surface area contributed by atoms with Gasteiger partial charge in [0.05, 0.1) is 11.0 Å². The third-order valence-electron chi connectivity index (χ3n) is 1.51. The predicted molar refractivity (Wildman–Crippen MR) is 49.4 cm³/mol. The van der Waals surface area contributed by atoms with E-state index in [4.69, 9.17) is 5.53 Å². The molecule has 0 aliphatic carbocycles. The van der Waals surface area contributed by atoms with Crippen molar-refractivity contribution in [2.45, 2.75) is 0 Å². The molecule has 0 saturated heterocycles. The first kappa shape index (κ1) is 9.02. The van der Waals surface area contributed by atoms with Crippen molar-refractivity contribution in [3.05, 3.63) is 39.6 Å². The second-order valence-corrected chi connectivity index (χ2v) is 2.31. The molecular weight excluding hydrogens is 170 g/mol. The first-order valence-electron chi connectivity index (χ1n) is 3.50. The van der Waals surface area contributed by atoms with Crippen molar-refractivity contribution in [3.63, 3.8) is 0 Å². The first-order chi connectivity index (χ1) is 6.27. The Bertz CT molecular complexity index is 340. The van der Waals surface area contributed by atoms with Crippen LogP contribution in [0.2, 0.25) is 0 Å². The van der Waals surface area contributed by atoms with Crippen molar-refractivity contribution in [2.24, 2.45) is 10.4 Å². The Morgan fingerprint density at radius 2 is 2.00 bits per heavy atom. The Hall–Kier alpha value is -2.07. The maximum absolute atomic E-state index is 10.1. The molecule has 0 atom stereocenters. The van der Waals surface area contributed by atoms with Crippen LogP contribution in [0.5, 0.6) is 0 Å². The van der Waals surface area contributed by atoms with Crippen LogP contribution in [0.15, 0.2) is 34.7 Å². The van der Waals surface area contributed by atoms with Crippen molar-refractivity contribution < 1.29 is 0 Å². The molecule has 1 aromatic rings. The van der Waals surface area contributed by atoms with Crippen molar-refractivity contribution in [1.82, 2.24) is 0 Å². The molecule has 0 saturated carbocycles. The van der Waals surface area contributed by atoms with Gasteiger partial charge in [0.2, 0.25) is 0 Å². The predicted octanol–water partition coefficient (Wildman–Crippen LogP) is 2.75. The highest BCUT2D eigenvalue weighted by Gasteiger charge is 1.97. The number of azide groups is 1. The van der Waals surface area contributed by atoms with Gasteiger partial charge in [0.1, 0.15) is 0 Å². The average molecular weight is 177 g/mol. The fourth-order valence-corrected chi connectivity index (χ4v) is 0.834. The summed E-state index contributed by atoms with van der Waals surface area (Å²) in [5.74, 6) is 0. The van der Waals surface area contributed by atoms with E-state index in [0.717, 1.165) is 0 Å². The highest BCUT2D eigenvalue weighted by molar-refractivity contribution is 5.51. The highest BCUT2D eigenvalue weighted by atomic mass is 16.3. The van der Waals surface area contributed by atoms with Crippen molar-refractivity contribution in [3.8, 4) is 0 Å². The molecule has 0 heterocycles. The lowest BCUT2D eigenvalue weighted by molar-refractivity contribution is 1.00. The minimum absolute atomic E-state index is 0.505. The Morgan fingerprint density at radius 1 is 1.38 bits per heavy atom. The van der Waals surface area contributed by atoms with Gasteiger partial charge >= 0.3 is 0 Å². The van der Waals surface area contributed by atoms with Gasteiger partial charge in [-0.1, -0.05) is 17.2 Å². The maximum Gasteiger partial charge on any atom is 0.0623 e. The second-order valence-electron chi connectivity index (χ2n) is 2.31. The van der Waals surface area contributed by atoms with E-state index >= 15 is 0 Å². The minimum atomic E-state index is 0.505. The lowest BCUT2D eigenvalue weighted by Crippen LogP contribution is -2.05. The summed E-state index contributed by atoms with van der Waals surface area (Å²) in [5, 5.41) is 7.28. The van der Waals surface area contributed by atoms with E-state index in [9.17, 15) is 4.91 Å². The second kappa shape index (κ2) is 4.08. The number of anilines is 1. The van der Waals surface area contributed by atoms with Crippen LogP contribution in [0, 0.1) is 4.91 Å². The van der Waals surface area contributed by atoms with Gasteiger partial charge in [-0.3, -0.25) is 0 Å². The van der Waals surface area contributed by atoms with Crippen molar-refractivity contribution in [2.75, 3.05) is 12.1 Å². The summed E-state index contributed by atoms with van der Waals surface area (Å²) in [4.78, 5) is 12.7. The molecular formula is C7H7N5O. The Morgan fingerprint density at radius 3 is 2.46 bits per heavy atom. The maximum atomic E-state index is 10.1. The molecule has 0 amide bonds. The van der Waals surface area contributed by atoms with E-state index in [1.807, 2.05) is 0 Å². The zero-order valence-corrected chi connectivity index (χ0v) is 6.95. The molecule has 0 unspecified atom stereocenters. The molecule has 0 bridgehead atoms. The summed E-state index contributed by atoms with van der Waals surface area (Å²) in [6, 6.07) is 6.50. The van der Waals surface area contributed by atoms with E-state index in [0.29, 0.717) is 11.4 Å². The number of benzene rings is 1. The molecule has 0 spiro atoms. The van der Waals surface area contributed by atoms with Gasteiger partial charge in [0.25, 0.3) is 0 Å². The zero-order valence-electron chi connectivity index (χ0n) is 6.95. The molecule has 66 valence electrons. The molecule has 0 fully saturated rings. The molecule has 0 radical (unpaired) electrons. The first-order valence-corrected chi connectivity index (χ1v) is 3.50. The molecule has 1 rings (SSSR count). The van der Waals surface area contributed by atoms with E-state index in [2.05, 4.69) is 15.3 Å². The van der Waals surface area contributed by atoms with Crippen LogP contribution in [0.4, 0.5) is 11.4 Å². The summed E-state index contributed by atoms with van der Waals surface area (Å²) in [6.07, 6.45) is 0. The number of nitrogens with zero attached hydrogens (tertiary/aromatic N) is 5. The molecule has 1 aromatic carbocycles. The van der Waals surface area contributed by atoms with Gasteiger partial charge < -0.3 is 0 Å². The summed E-state index contributed by atoms with van der Waals surface area (Å²) < 4.78 is 0. The van der Waals surface area contributed by atoms with Gasteiger partial charge in [-0.15, -0.1) is 4.91 Å². The monoisotopic (exact) mass is 177 g/mol.